The first kappa shape index (κ1) is 13.2. The molecule has 1 amide bonds. The summed E-state index contributed by atoms with van der Waals surface area (Å²) in [6.45, 7) is 4.25. The van der Waals surface area contributed by atoms with Gasteiger partial charge in [-0.15, -0.1) is 0 Å². The summed E-state index contributed by atoms with van der Waals surface area (Å²) in [6, 6.07) is 7.65. The Hall–Kier alpha value is -1.20. The molecule has 0 aliphatic carbocycles. The monoisotopic (exact) mass is 324 g/mol. The Kier molecular flexibility index (Phi) is 4.14. The Labute approximate surface area is 118 Å². The average Bonchev–Trinajstić information content (AvgIpc) is 2.75. The van der Waals surface area contributed by atoms with Gasteiger partial charge >= 0.3 is 0 Å². The van der Waals surface area contributed by atoms with E-state index in [2.05, 4.69) is 40.1 Å². The van der Waals surface area contributed by atoms with Gasteiger partial charge in [0, 0.05) is 5.56 Å². The van der Waals surface area contributed by atoms with Crippen molar-refractivity contribution < 1.29 is 4.79 Å². The molecule has 2 aromatic rings. The average molecular weight is 325 g/mol. The quantitative estimate of drug-likeness (QED) is 0.915. The molecule has 1 aromatic carbocycles. The van der Waals surface area contributed by atoms with Crippen molar-refractivity contribution in [3.05, 3.63) is 45.4 Å². The molecule has 1 heterocycles. The molecule has 0 unspecified atom stereocenters. The zero-order chi connectivity index (χ0) is 13.1. The van der Waals surface area contributed by atoms with E-state index in [0.29, 0.717) is 16.6 Å². The van der Waals surface area contributed by atoms with E-state index in [4.69, 9.17) is 0 Å². The lowest BCUT2D eigenvalue weighted by Crippen LogP contribution is -2.11. The Morgan fingerprint density at radius 3 is 2.50 bits per heavy atom. The Morgan fingerprint density at radius 1 is 1.33 bits per heavy atom. The number of anilines is 1. The minimum atomic E-state index is -0.132. The van der Waals surface area contributed by atoms with E-state index in [0.717, 1.165) is 3.79 Å². The van der Waals surface area contributed by atoms with Crippen molar-refractivity contribution in [2.45, 2.75) is 19.8 Å². The largest absolute Gasteiger partial charge is 0.298 e. The third-order valence-corrected chi connectivity index (χ3v) is 3.93. The lowest BCUT2D eigenvalue weighted by molar-refractivity contribution is 0.102. The third kappa shape index (κ3) is 3.17. The van der Waals surface area contributed by atoms with Gasteiger partial charge < -0.3 is 0 Å². The number of thiazole rings is 1. The molecule has 0 aliphatic rings. The first-order valence-corrected chi connectivity index (χ1v) is 7.20. The fraction of sp³-hybridized carbons (Fsp3) is 0.231. The number of carbonyl (C=O) groups excluding carboxylic acids is 1. The Morgan fingerprint density at radius 2 is 2.00 bits per heavy atom. The van der Waals surface area contributed by atoms with E-state index in [1.165, 1.54) is 16.9 Å². The molecule has 5 heteroatoms. The van der Waals surface area contributed by atoms with Gasteiger partial charge in [-0.2, -0.15) is 0 Å². The van der Waals surface area contributed by atoms with Crippen LogP contribution in [0.5, 0.6) is 0 Å². The molecule has 3 nitrogen and oxygen atoms in total. The maximum atomic E-state index is 11.9. The number of hydrogen-bond acceptors (Lipinski definition) is 3. The second-order valence-corrected chi connectivity index (χ2v) is 6.61. The highest BCUT2D eigenvalue weighted by atomic mass is 79.9. The summed E-state index contributed by atoms with van der Waals surface area (Å²) in [4.78, 5) is 16.0. The van der Waals surface area contributed by atoms with Crippen LogP contribution in [0.3, 0.4) is 0 Å². The van der Waals surface area contributed by atoms with Gasteiger partial charge in [-0.25, -0.2) is 4.98 Å². The molecule has 0 radical (unpaired) electrons. The van der Waals surface area contributed by atoms with Crippen molar-refractivity contribution in [3.63, 3.8) is 0 Å². The van der Waals surface area contributed by atoms with E-state index in [1.54, 1.807) is 6.20 Å². The molecular formula is C13H13BrN2OS. The van der Waals surface area contributed by atoms with Crippen LogP contribution < -0.4 is 5.32 Å². The maximum Gasteiger partial charge on any atom is 0.257 e. The van der Waals surface area contributed by atoms with Crippen molar-refractivity contribution in [1.29, 1.82) is 0 Å². The highest BCUT2D eigenvalue weighted by molar-refractivity contribution is 9.11. The highest BCUT2D eigenvalue weighted by Gasteiger charge is 2.09. The van der Waals surface area contributed by atoms with Crippen molar-refractivity contribution in [2.24, 2.45) is 0 Å². The molecule has 0 fully saturated rings. The van der Waals surface area contributed by atoms with Crippen molar-refractivity contribution in [2.75, 3.05) is 5.32 Å². The second kappa shape index (κ2) is 5.63. The molecule has 0 spiro atoms. The molecular weight excluding hydrogens is 312 g/mol. The molecule has 2 rings (SSSR count). The maximum absolute atomic E-state index is 11.9. The second-order valence-electron chi connectivity index (χ2n) is 4.20. The number of amides is 1. The fourth-order valence-electron chi connectivity index (χ4n) is 1.50. The summed E-state index contributed by atoms with van der Waals surface area (Å²) in [5.41, 5.74) is 1.87. The van der Waals surface area contributed by atoms with E-state index < -0.39 is 0 Å². The van der Waals surface area contributed by atoms with Crippen molar-refractivity contribution in [1.82, 2.24) is 4.98 Å². The van der Waals surface area contributed by atoms with E-state index in [9.17, 15) is 4.79 Å². The number of rotatable bonds is 3. The summed E-state index contributed by atoms with van der Waals surface area (Å²) in [7, 11) is 0. The van der Waals surface area contributed by atoms with Crippen molar-refractivity contribution >= 4 is 38.3 Å². The summed E-state index contributed by atoms with van der Waals surface area (Å²) in [6.07, 6.45) is 1.67. The van der Waals surface area contributed by atoms with Crippen LogP contribution in [0.15, 0.2) is 34.2 Å². The number of hydrogen-bond donors (Lipinski definition) is 1. The smallest absolute Gasteiger partial charge is 0.257 e. The molecule has 1 N–H and O–H groups in total. The van der Waals surface area contributed by atoms with Crippen LogP contribution in [0.25, 0.3) is 0 Å². The summed E-state index contributed by atoms with van der Waals surface area (Å²) >= 11 is 4.70. The molecule has 94 valence electrons. The van der Waals surface area contributed by atoms with Gasteiger partial charge in [-0.1, -0.05) is 37.3 Å². The van der Waals surface area contributed by atoms with E-state index >= 15 is 0 Å². The summed E-state index contributed by atoms with van der Waals surface area (Å²) < 4.78 is 0.896. The normalized spacial score (nSPS) is 10.7. The topological polar surface area (TPSA) is 42.0 Å². The van der Waals surface area contributed by atoms with Crippen LogP contribution in [-0.2, 0) is 0 Å². The first-order valence-electron chi connectivity index (χ1n) is 5.59. The van der Waals surface area contributed by atoms with Gasteiger partial charge in [0.2, 0.25) is 0 Å². The van der Waals surface area contributed by atoms with Crippen LogP contribution >= 0.6 is 27.3 Å². The SMILES string of the molecule is CC(C)c1ccc(C(=O)Nc2ncc(Br)s2)cc1. The zero-order valence-corrected chi connectivity index (χ0v) is 12.5. The Balaban J connectivity index is 2.09. The third-order valence-electron chi connectivity index (χ3n) is 2.54. The Bertz CT molecular complexity index is 548. The number of benzene rings is 1. The lowest BCUT2D eigenvalue weighted by Gasteiger charge is -2.06. The van der Waals surface area contributed by atoms with Crippen LogP contribution in [0, 0.1) is 0 Å². The van der Waals surface area contributed by atoms with Crippen LogP contribution in [0.1, 0.15) is 35.7 Å². The number of aromatic nitrogens is 1. The fourth-order valence-corrected chi connectivity index (χ4v) is 2.60. The number of nitrogens with one attached hydrogen (secondary N) is 1. The van der Waals surface area contributed by atoms with E-state index in [1.807, 2.05) is 24.3 Å². The van der Waals surface area contributed by atoms with Gasteiger partial charge in [0.05, 0.1) is 9.98 Å². The van der Waals surface area contributed by atoms with Gasteiger partial charge in [0.25, 0.3) is 5.91 Å². The molecule has 0 bridgehead atoms. The molecule has 1 aromatic heterocycles. The minimum Gasteiger partial charge on any atom is -0.298 e. The molecule has 18 heavy (non-hydrogen) atoms. The standard InChI is InChI=1S/C13H13BrN2OS/c1-8(2)9-3-5-10(6-4-9)12(17)16-13-15-7-11(14)18-13/h3-8H,1-2H3,(H,15,16,17). The number of nitrogens with zero attached hydrogens (tertiary/aromatic N) is 1. The predicted molar refractivity (Wildman–Crippen MR) is 78.3 cm³/mol. The van der Waals surface area contributed by atoms with Crippen LogP contribution in [-0.4, -0.2) is 10.9 Å². The molecule has 0 aliphatic heterocycles. The molecule has 0 atom stereocenters. The molecule has 0 saturated carbocycles. The zero-order valence-electron chi connectivity index (χ0n) is 10.1. The van der Waals surface area contributed by atoms with Gasteiger partial charge in [0.15, 0.2) is 5.13 Å². The first-order chi connectivity index (χ1) is 8.56. The van der Waals surface area contributed by atoms with E-state index in [-0.39, 0.29) is 5.91 Å². The molecule has 0 saturated heterocycles. The minimum absolute atomic E-state index is 0.132. The van der Waals surface area contributed by atoms with Crippen LogP contribution in [0.4, 0.5) is 5.13 Å². The summed E-state index contributed by atoms with van der Waals surface area (Å²) in [5.74, 6) is 0.337. The number of halogens is 1. The highest BCUT2D eigenvalue weighted by Crippen LogP contribution is 2.23. The predicted octanol–water partition coefficient (Wildman–Crippen LogP) is 4.28. The van der Waals surface area contributed by atoms with Gasteiger partial charge in [0.1, 0.15) is 0 Å². The summed E-state index contributed by atoms with van der Waals surface area (Å²) in [5, 5.41) is 3.36. The lowest BCUT2D eigenvalue weighted by atomic mass is 10.0. The van der Waals surface area contributed by atoms with Gasteiger partial charge in [-0.3, -0.25) is 10.1 Å². The van der Waals surface area contributed by atoms with Crippen molar-refractivity contribution in [3.8, 4) is 0 Å². The van der Waals surface area contributed by atoms with Crippen LogP contribution in [0.2, 0.25) is 0 Å². The van der Waals surface area contributed by atoms with Gasteiger partial charge in [-0.05, 0) is 39.5 Å². The number of carbonyl (C=O) groups is 1.